The van der Waals surface area contributed by atoms with Gasteiger partial charge in [0.05, 0.1) is 5.25 Å². The summed E-state index contributed by atoms with van der Waals surface area (Å²) >= 11 is 0. The van der Waals surface area contributed by atoms with Gasteiger partial charge in [-0.05, 0) is 19.3 Å². The fourth-order valence-corrected chi connectivity index (χ4v) is 3.65. The Morgan fingerprint density at radius 2 is 1.92 bits per heavy atom. The first kappa shape index (κ1) is 9.46. The van der Waals surface area contributed by atoms with E-state index >= 15 is 0 Å². The maximum absolute atomic E-state index is 11.3. The maximum atomic E-state index is 11.3. The molecule has 0 aromatic heterocycles. The van der Waals surface area contributed by atoms with Crippen molar-refractivity contribution in [2.75, 3.05) is 12.8 Å². The summed E-state index contributed by atoms with van der Waals surface area (Å²) in [6, 6.07) is 0. The van der Waals surface area contributed by atoms with E-state index in [-0.39, 0.29) is 10.8 Å². The summed E-state index contributed by atoms with van der Waals surface area (Å²) in [5.41, 5.74) is 0.188. The van der Waals surface area contributed by atoms with E-state index in [1.807, 2.05) is 0 Å². The predicted molar refractivity (Wildman–Crippen MR) is 52.5 cm³/mol. The van der Waals surface area contributed by atoms with Crippen LogP contribution in [0.15, 0.2) is 0 Å². The van der Waals surface area contributed by atoms with Gasteiger partial charge in [0.25, 0.3) is 0 Å². The van der Waals surface area contributed by atoms with E-state index in [1.165, 1.54) is 31.9 Å². The van der Waals surface area contributed by atoms with Crippen molar-refractivity contribution >= 4 is 9.84 Å². The molecule has 1 atom stereocenters. The second kappa shape index (κ2) is 2.95. The minimum atomic E-state index is -2.83. The molecule has 1 saturated heterocycles. The van der Waals surface area contributed by atoms with E-state index in [0.29, 0.717) is 6.54 Å². The van der Waals surface area contributed by atoms with Crippen LogP contribution in [0.25, 0.3) is 0 Å². The summed E-state index contributed by atoms with van der Waals surface area (Å²) < 4.78 is 22.7. The lowest BCUT2D eigenvalue weighted by Gasteiger charge is -2.22. The minimum Gasteiger partial charge on any atom is -0.310 e. The van der Waals surface area contributed by atoms with Gasteiger partial charge in [0, 0.05) is 18.3 Å². The van der Waals surface area contributed by atoms with E-state index in [1.54, 1.807) is 0 Å². The van der Waals surface area contributed by atoms with Gasteiger partial charge in [-0.3, -0.25) is 0 Å². The molecule has 3 nitrogen and oxygen atoms in total. The van der Waals surface area contributed by atoms with Gasteiger partial charge in [-0.1, -0.05) is 12.8 Å². The van der Waals surface area contributed by atoms with Gasteiger partial charge in [-0.25, -0.2) is 8.42 Å². The molecule has 2 rings (SSSR count). The fraction of sp³-hybridized carbons (Fsp3) is 1.00. The van der Waals surface area contributed by atoms with E-state index < -0.39 is 9.84 Å². The largest absolute Gasteiger partial charge is 0.310 e. The van der Waals surface area contributed by atoms with Gasteiger partial charge in [-0.2, -0.15) is 0 Å². The average Bonchev–Trinajstić information content (AvgIpc) is 2.60. The van der Waals surface area contributed by atoms with Crippen LogP contribution in [-0.2, 0) is 9.84 Å². The summed E-state index contributed by atoms with van der Waals surface area (Å²) in [5, 5.41) is 3.28. The zero-order valence-electron chi connectivity index (χ0n) is 8.04. The molecule has 0 aromatic carbocycles. The molecule has 1 unspecified atom stereocenters. The molecule has 1 heterocycles. The highest BCUT2D eigenvalue weighted by molar-refractivity contribution is 7.91. The van der Waals surface area contributed by atoms with Crippen molar-refractivity contribution in [3.8, 4) is 0 Å². The first-order chi connectivity index (χ1) is 6.02. The highest BCUT2D eigenvalue weighted by atomic mass is 32.2. The zero-order valence-corrected chi connectivity index (χ0v) is 8.86. The third-order valence-electron chi connectivity index (χ3n) is 3.49. The second-order valence-electron chi connectivity index (χ2n) is 4.52. The molecular weight excluding hydrogens is 186 g/mol. The Kier molecular flexibility index (Phi) is 2.15. The number of sulfone groups is 1. The quantitative estimate of drug-likeness (QED) is 0.682. The van der Waals surface area contributed by atoms with E-state index in [9.17, 15) is 8.42 Å². The Balaban J connectivity index is 2.09. The third-order valence-corrected chi connectivity index (χ3v) is 5.03. The predicted octanol–water partition coefficient (Wildman–Crippen LogP) is 0.706. The lowest BCUT2D eigenvalue weighted by atomic mass is 9.96. The van der Waals surface area contributed by atoms with Gasteiger partial charge < -0.3 is 5.32 Å². The molecule has 2 aliphatic rings. The number of hydrogen-bond acceptors (Lipinski definition) is 3. The van der Waals surface area contributed by atoms with E-state index in [4.69, 9.17) is 0 Å². The standard InChI is InChI=1S/C9H17NO2S/c1-13(11,12)8-6-9(10-7-8)4-2-3-5-9/h8,10H,2-7H2,1H3. The highest BCUT2D eigenvalue weighted by Crippen LogP contribution is 2.38. The van der Waals surface area contributed by atoms with E-state index in [0.717, 1.165) is 6.42 Å². The molecule has 1 aliphatic carbocycles. The summed E-state index contributed by atoms with van der Waals surface area (Å²) in [6.45, 7) is 0.666. The first-order valence-corrected chi connectivity index (χ1v) is 6.91. The Labute approximate surface area is 79.8 Å². The molecule has 1 saturated carbocycles. The van der Waals surface area contributed by atoms with Gasteiger partial charge >= 0.3 is 0 Å². The molecule has 2 fully saturated rings. The SMILES string of the molecule is CS(=O)(=O)C1CNC2(CCCC2)C1. The van der Waals surface area contributed by atoms with Crippen LogP contribution < -0.4 is 5.32 Å². The normalized spacial score (nSPS) is 32.8. The van der Waals surface area contributed by atoms with Crippen molar-refractivity contribution in [1.82, 2.24) is 5.32 Å². The fourth-order valence-electron chi connectivity index (χ4n) is 2.65. The molecule has 1 N–H and O–H groups in total. The molecule has 13 heavy (non-hydrogen) atoms. The van der Waals surface area contributed by atoms with Crippen molar-refractivity contribution < 1.29 is 8.42 Å². The van der Waals surface area contributed by atoms with Crippen LogP contribution in [0.2, 0.25) is 0 Å². The summed E-state index contributed by atoms with van der Waals surface area (Å²) in [4.78, 5) is 0. The van der Waals surface area contributed by atoms with Gasteiger partial charge in [-0.15, -0.1) is 0 Å². The lowest BCUT2D eigenvalue weighted by molar-refractivity contribution is 0.388. The van der Waals surface area contributed by atoms with Gasteiger partial charge in [0.15, 0.2) is 9.84 Å². The van der Waals surface area contributed by atoms with Crippen LogP contribution in [0.5, 0.6) is 0 Å². The summed E-state index contributed by atoms with van der Waals surface area (Å²) in [5.74, 6) is 0. The van der Waals surface area contributed by atoms with Gasteiger partial charge in [0.1, 0.15) is 0 Å². The van der Waals surface area contributed by atoms with Crippen LogP contribution in [-0.4, -0.2) is 32.0 Å². The van der Waals surface area contributed by atoms with Crippen LogP contribution >= 0.6 is 0 Å². The lowest BCUT2D eigenvalue weighted by Crippen LogP contribution is -2.35. The molecule has 1 aliphatic heterocycles. The molecule has 0 aromatic rings. The Morgan fingerprint density at radius 1 is 1.31 bits per heavy atom. The van der Waals surface area contributed by atoms with Crippen molar-refractivity contribution in [3.63, 3.8) is 0 Å². The smallest absolute Gasteiger partial charge is 0.151 e. The molecule has 0 radical (unpaired) electrons. The molecule has 76 valence electrons. The Bertz CT molecular complexity index is 291. The van der Waals surface area contributed by atoms with Crippen molar-refractivity contribution in [3.05, 3.63) is 0 Å². The Hall–Kier alpha value is -0.0900. The third kappa shape index (κ3) is 1.74. The molecule has 4 heteroatoms. The minimum absolute atomic E-state index is 0.134. The van der Waals surface area contributed by atoms with Crippen LogP contribution in [0.1, 0.15) is 32.1 Å². The van der Waals surface area contributed by atoms with E-state index in [2.05, 4.69) is 5.32 Å². The maximum Gasteiger partial charge on any atom is 0.151 e. The monoisotopic (exact) mass is 203 g/mol. The number of nitrogens with one attached hydrogen (secondary N) is 1. The van der Waals surface area contributed by atoms with Crippen molar-refractivity contribution in [1.29, 1.82) is 0 Å². The van der Waals surface area contributed by atoms with Crippen LogP contribution in [0, 0.1) is 0 Å². The highest BCUT2D eigenvalue weighted by Gasteiger charge is 2.43. The Morgan fingerprint density at radius 3 is 2.38 bits per heavy atom. The summed E-state index contributed by atoms with van der Waals surface area (Å²) in [6.07, 6.45) is 7.03. The average molecular weight is 203 g/mol. The van der Waals surface area contributed by atoms with Crippen LogP contribution in [0.4, 0.5) is 0 Å². The van der Waals surface area contributed by atoms with Crippen molar-refractivity contribution in [2.24, 2.45) is 0 Å². The molecule has 1 spiro atoms. The number of hydrogen-bond donors (Lipinski definition) is 1. The first-order valence-electron chi connectivity index (χ1n) is 4.96. The second-order valence-corrected chi connectivity index (χ2v) is 6.85. The topological polar surface area (TPSA) is 46.2 Å². The van der Waals surface area contributed by atoms with Gasteiger partial charge in [0.2, 0.25) is 0 Å². The summed E-state index contributed by atoms with van der Waals surface area (Å²) in [7, 11) is -2.83. The van der Waals surface area contributed by atoms with Crippen LogP contribution in [0.3, 0.4) is 0 Å². The number of rotatable bonds is 1. The zero-order chi connectivity index (χ0) is 9.53. The molecule has 0 bridgehead atoms. The molecule has 0 amide bonds. The van der Waals surface area contributed by atoms with Crippen molar-refractivity contribution in [2.45, 2.75) is 42.9 Å². The molecular formula is C9H17NO2S.